The molecule has 0 aromatic rings. The second-order valence-electron chi connectivity index (χ2n) is 22.7. The summed E-state index contributed by atoms with van der Waals surface area (Å²) in [5.74, 6) is 3.99. The predicted molar refractivity (Wildman–Crippen MR) is 218 cm³/mol. The second-order valence-corrected chi connectivity index (χ2v) is 22.7. The van der Waals surface area contributed by atoms with Crippen molar-refractivity contribution >= 4 is 57.4 Å². The molecule has 0 saturated heterocycles. The summed E-state index contributed by atoms with van der Waals surface area (Å²) in [6.45, 7) is 14.2. The Hall–Kier alpha value is 0.261. The average Bonchev–Trinajstić information content (AvgIpc) is 3.68. The van der Waals surface area contributed by atoms with Gasteiger partial charge < -0.3 is 40.2 Å². The molecule has 8 rings (SSSR count). The van der Waals surface area contributed by atoms with E-state index in [0.29, 0.717) is 83.9 Å². The first-order valence-electron chi connectivity index (χ1n) is 23.4. The molecule has 0 heterocycles. The molecule has 8 aliphatic carbocycles. The normalized spacial score (nSPS) is 50.8. The van der Waals surface area contributed by atoms with E-state index >= 15 is 0 Å². The van der Waals surface area contributed by atoms with Crippen LogP contribution in [-0.4, -0.2) is 102 Å². The molecule has 8 fully saturated rings. The fourth-order valence-electron chi connectivity index (χ4n) is 17.4. The van der Waals surface area contributed by atoms with Gasteiger partial charge in [-0.2, -0.15) is 0 Å². The number of aliphatic carboxylic acids is 2. The minimum atomic E-state index is -0.934. The minimum Gasteiger partial charge on any atom is -0.550 e. The van der Waals surface area contributed by atoms with E-state index < -0.39 is 11.9 Å². The quantitative estimate of drug-likeness (QED) is 0.219. The molecule has 4 N–H and O–H groups in total. The van der Waals surface area contributed by atoms with E-state index in [9.17, 15) is 40.2 Å². The number of rotatable bonds is 8. The second kappa shape index (κ2) is 17.8. The van der Waals surface area contributed by atoms with Gasteiger partial charge in [0.2, 0.25) is 0 Å². The first-order valence-corrected chi connectivity index (χ1v) is 23.4. The summed E-state index contributed by atoms with van der Waals surface area (Å²) < 4.78 is 0. The van der Waals surface area contributed by atoms with Crippen LogP contribution in [0.3, 0.4) is 0 Å². The number of carbonyl (C=O) groups is 2. The zero-order valence-corrected chi connectivity index (χ0v) is 40.0. The molecule has 320 valence electrons. The summed E-state index contributed by atoms with van der Waals surface area (Å²) in [6, 6.07) is 0. The number of carboxylic acid groups (broad SMARTS) is 2. The summed E-state index contributed by atoms with van der Waals surface area (Å²) in [5, 5.41) is 64.7. The number of aliphatic hydroxyl groups excluding tert-OH is 4. The van der Waals surface area contributed by atoms with Crippen LogP contribution in [0.15, 0.2) is 0 Å². The van der Waals surface area contributed by atoms with Gasteiger partial charge in [0.25, 0.3) is 0 Å². The maximum Gasteiger partial charge on any atom is 2.00 e. The molecule has 0 aliphatic heterocycles. The molecular weight excluding hydrogens is 792 g/mol. The van der Waals surface area contributed by atoms with Gasteiger partial charge in [-0.25, -0.2) is 0 Å². The number of fused-ring (bicyclic) bond motifs is 10. The maximum absolute atomic E-state index is 11.2. The van der Waals surface area contributed by atoms with Crippen LogP contribution in [0, 0.1) is 92.7 Å². The molecule has 20 atom stereocenters. The van der Waals surface area contributed by atoms with Crippen molar-refractivity contribution in [2.45, 2.75) is 194 Å². The molecule has 9 heteroatoms. The van der Waals surface area contributed by atoms with E-state index in [4.69, 9.17) is 0 Å². The van der Waals surface area contributed by atoms with Crippen LogP contribution in [0.1, 0.15) is 170 Å². The molecule has 8 saturated carbocycles. The van der Waals surface area contributed by atoms with Gasteiger partial charge in [0.05, 0.1) is 24.4 Å². The topological polar surface area (TPSA) is 161 Å². The van der Waals surface area contributed by atoms with Gasteiger partial charge in [0.15, 0.2) is 0 Å². The summed E-state index contributed by atoms with van der Waals surface area (Å²) in [5.41, 5.74) is 0.988. The molecular formula is C48H78O8Sr. The van der Waals surface area contributed by atoms with E-state index in [1.807, 2.05) is 0 Å². The fourth-order valence-corrected chi connectivity index (χ4v) is 17.4. The third kappa shape index (κ3) is 8.42. The molecule has 0 spiro atoms. The summed E-state index contributed by atoms with van der Waals surface area (Å²) >= 11 is 0. The molecule has 8 nitrogen and oxygen atoms in total. The zero-order valence-electron chi connectivity index (χ0n) is 36.5. The van der Waals surface area contributed by atoms with E-state index in [2.05, 4.69) is 41.5 Å². The van der Waals surface area contributed by atoms with Gasteiger partial charge in [0.1, 0.15) is 0 Å². The van der Waals surface area contributed by atoms with E-state index in [-0.39, 0.29) is 104 Å². The van der Waals surface area contributed by atoms with Crippen molar-refractivity contribution in [3.05, 3.63) is 0 Å². The SMILES string of the molecule is C[C@H](CCC(=O)[O-])[C@H]1CC[C@H]2[C@@H]3[C@@H](O)C[C@@H]4C[C@H](O)CC[C@]4(C)[C@H]3CC[C@]12C.C[C@H](CCC(=O)[O-])[C@H]1CC[C@H]2[C@@H]3[C@@H](O)C[C@@H]4C[C@H](O)CC[C@]4(C)[C@H]3CC[C@]12C.[Sr+2]. The van der Waals surface area contributed by atoms with Gasteiger partial charge in [-0.3, -0.25) is 0 Å². The largest absolute Gasteiger partial charge is 2.00 e. The van der Waals surface area contributed by atoms with Crippen molar-refractivity contribution in [1.29, 1.82) is 0 Å². The van der Waals surface area contributed by atoms with Crippen molar-refractivity contribution in [3.8, 4) is 0 Å². The van der Waals surface area contributed by atoms with Gasteiger partial charge in [-0.15, -0.1) is 0 Å². The van der Waals surface area contributed by atoms with Crippen LogP contribution in [0.5, 0.6) is 0 Å². The Bertz CT molecular complexity index is 1320. The standard InChI is InChI=1S/2C24H40O4.Sr/c2*1-14(4-7-21(27)28)17-5-6-18-22-19(9-11-24(17,18)3)23(2)10-8-16(25)12-15(23)13-20(22)26;/h2*14-20,22,25-26H,4-13H2,1-3H3,(H,27,28);/q;;+2/p-2/t2*14-,15+,16-,17-,18+,19+,20+,22+,23+,24-;/m11./s1. The van der Waals surface area contributed by atoms with Crippen LogP contribution >= 0.6 is 0 Å². The molecule has 0 aromatic heterocycles. The molecule has 0 amide bonds. The Morgan fingerprint density at radius 2 is 0.860 bits per heavy atom. The average molecular weight is 871 g/mol. The predicted octanol–water partition coefficient (Wildman–Crippen LogP) is 5.91. The third-order valence-corrected chi connectivity index (χ3v) is 20.4. The van der Waals surface area contributed by atoms with Crippen molar-refractivity contribution in [2.24, 2.45) is 92.7 Å². The smallest absolute Gasteiger partial charge is 0.550 e. The summed E-state index contributed by atoms with van der Waals surface area (Å²) in [4.78, 5) is 21.9. The minimum absolute atomic E-state index is 0. The molecule has 0 radical (unpaired) electrons. The fraction of sp³-hybridized carbons (Fsp3) is 0.958. The number of carboxylic acids is 2. The van der Waals surface area contributed by atoms with Crippen LogP contribution < -0.4 is 10.2 Å². The Kier molecular flexibility index (Phi) is 14.6. The molecule has 0 aromatic carbocycles. The first-order chi connectivity index (χ1) is 26.3. The molecule has 0 bridgehead atoms. The van der Waals surface area contributed by atoms with E-state index in [1.54, 1.807) is 0 Å². The van der Waals surface area contributed by atoms with Gasteiger partial charge in [-0.05, 0) is 221 Å². The van der Waals surface area contributed by atoms with Gasteiger partial charge in [0, 0.05) is 11.9 Å². The third-order valence-electron chi connectivity index (χ3n) is 20.4. The maximum atomic E-state index is 11.2. The van der Waals surface area contributed by atoms with E-state index in [1.165, 1.54) is 51.4 Å². The van der Waals surface area contributed by atoms with Crippen LogP contribution in [0.4, 0.5) is 0 Å². The van der Waals surface area contributed by atoms with E-state index in [0.717, 1.165) is 51.4 Å². The van der Waals surface area contributed by atoms with Crippen LogP contribution in [0.2, 0.25) is 0 Å². The number of aliphatic hydroxyl groups is 4. The van der Waals surface area contributed by atoms with Crippen LogP contribution in [-0.2, 0) is 9.59 Å². The number of hydrogen-bond donors (Lipinski definition) is 4. The van der Waals surface area contributed by atoms with Crippen molar-refractivity contribution < 1.29 is 40.2 Å². The monoisotopic (exact) mass is 870 g/mol. The van der Waals surface area contributed by atoms with Gasteiger partial charge in [-0.1, -0.05) is 41.5 Å². The number of carbonyl (C=O) groups excluding carboxylic acids is 2. The summed E-state index contributed by atoms with van der Waals surface area (Å²) in [6.07, 6.45) is 17.8. The molecule has 8 aliphatic rings. The summed E-state index contributed by atoms with van der Waals surface area (Å²) in [7, 11) is 0. The zero-order chi connectivity index (χ0) is 40.5. The Labute approximate surface area is 381 Å². The Balaban J connectivity index is 0.000000189. The number of hydrogen-bond acceptors (Lipinski definition) is 8. The van der Waals surface area contributed by atoms with Gasteiger partial charge >= 0.3 is 45.5 Å². The first kappa shape index (κ1) is 46.8. The molecule has 57 heavy (non-hydrogen) atoms. The van der Waals surface area contributed by atoms with Crippen molar-refractivity contribution in [1.82, 2.24) is 0 Å². The van der Waals surface area contributed by atoms with Crippen LogP contribution in [0.25, 0.3) is 0 Å². The Morgan fingerprint density at radius 3 is 1.21 bits per heavy atom. The van der Waals surface area contributed by atoms with Crippen molar-refractivity contribution in [3.63, 3.8) is 0 Å². The molecule has 0 unspecified atom stereocenters. The van der Waals surface area contributed by atoms with Crippen molar-refractivity contribution in [2.75, 3.05) is 0 Å². The Morgan fingerprint density at radius 1 is 0.526 bits per heavy atom.